The smallest absolute Gasteiger partial charge is 0.229 e. The van der Waals surface area contributed by atoms with E-state index in [9.17, 15) is 0 Å². The Bertz CT molecular complexity index is 205. The van der Waals surface area contributed by atoms with Crippen molar-refractivity contribution in [2.75, 3.05) is 0 Å². The van der Waals surface area contributed by atoms with E-state index in [1.807, 2.05) is 0 Å². The van der Waals surface area contributed by atoms with Crippen LogP contribution in [-0.2, 0) is 6.54 Å². The molecule has 0 aliphatic rings. The molecule has 3 heteroatoms. The zero-order chi connectivity index (χ0) is 6.69. The Morgan fingerprint density at radius 1 is 1.89 bits per heavy atom. The van der Waals surface area contributed by atoms with Crippen molar-refractivity contribution >= 4 is 0 Å². The molecule has 0 atom stereocenters. The first kappa shape index (κ1) is 5.88. The second-order valence-electron chi connectivity index (χ2n) is 1.72. The molecule has 1 rings (SSSR count). The SMILES string of the molecule is C=CCn1cnc(O)c1. The van der Waals surface area contributed by atoms with Gasteiger partial charge in [-0.25, -0.2) is 4.98 Å². The van der Waals surface area contributed by atoms with Crippen molar-refractivity contribution in [2.24, 2.45) is 0 Å². The van der Waals surface area contributed by atoms with E-state index in [1.54, 1.807) is 23.2 Å². The number of hydrogen-bond acceptors (Lipinski definition) is 2. The van der Waals surface area contributed by atoms with E-state index in [0.717, 1.165) is 0 Å². The molecule has 0 aliphatic carbocycles. The van der Waals surface area contributed by atoms with Gasteiger partial charge in [0, 0.05) is 6.54 Å². The number of imidazole rings is 1. The van der Waals surface area contributed by atoms with Crippen molar-refractivity contribution < 1.29 is 5.11 Å². The van der Waals surface area contributed by atoms with E-state index in [4.69, 9.17) is 5.11 Å². The molecule has 0 aliphatic heterocycles. The fourth-order valence-electron chi connectivity index (χ4n) is 0.597. The lowest BCUT2D eigenvalue weighted by atomic mass is 10.6. The van der Waals surface area contributed by atoms with Crippen LogP contribution in [-0.4, -0.2) is 14.7 Å². The van der Waals surface area contributed by atoms with Crippen molar-refractivity contribution in [3.63, 3.8) is 0 Å². The van der Waals surface area contributed by atoms with Gasteiger partial charge in [0.15, 0.2) is 0 Å². The van der Waals surface area contributed by atoms with Crippen LogP contribution in [0.2, 0.25) is 0 Å². The molecule has 0 aromatic carbocycles. The van der Waals surface area contributed by atoms with Crippen molar-refractivity contribution in [3.05, 3.63) is 25.2 Å². The molecule has 1 heterocycles. The Labute approximate surface area is 53.3 Å². The first-order valence-electron chi connectivity index (χ1n) is 2.64. The van der Waals surface area contributed by atoms with Crippen LogP contribution < -0.4 is 0 Å². The fourth-order valence-corrected chi connectivity index (χ4v) is 0.597. The van der Waals surface area contributed by atoms with Crippen molar-refractivity contribution in [1.82, 2.24) is 9.55 Å². The maximum atomic E-state index is 8.71. The highest BCUT2D eigenvalue weighted by Crippen LogP contribution is 2.00. The molecular weight excluding hydrogens is 116 g/mol. The van der Waals surface area contributed by atoms with Crippen LogP contribution in [0.1, 0.15) is 0 Å². The standard InChI is InChI=1S/C6H8N2O/c1-2-3-8-4-6(9)7-5-8/h2,4-5,9H,1,3H2. The third-order valence-electron chi connectivity index (χ3n) is 0.960. The van der Waals surface area contributed by atoms with E-state index in [1.165, 1.54) is 0 Å². The summed E-state index contributed by atoms with van der Waals surface area (Å²) in [6.45, 7) is 4.22. The first-order valence-corrected chi connectivity index (χ1v) is 2.64. The number of aromatic nitrogens is 2. The average Bonchev–Trinajstić information content (AvgIpc) is 2.17. The summed E-state index contributed by atoms with van der Waals surface area (Å²) in [5.41, 5.74) is 0. The first-order chi connectivity index (χ1) is 4.33. The van der Waals surface area contributed by atoms with Crippen molar-refractivity contribution in [3.8, 4) is 5.88 Å². The number of hydrogen-bond donors (Lipinski definition) is 1. The third kappa shape index (κ3) is 1.32. The van der Waals surface area contributed by atoms with Crippen LogP contribution in [0.15, 0.2) is 25.2 Å². The summed E-state index contributed by atoms with van der Waals surface area (Å²) in [7, 11) is 0. The molecule has 0 spiro atoms. The number of nitrogens with zero attached hydrogens (tertiary/aromatic N) is 2. The minimum Gasteiger partial charge on any atom is -0.492 e. The van der Waals surface area contributed by atoms with E-state index in [0.29, 0.717) is 6.54 Å². The number of allylic oxidation sites excluding steroid dienone is 1. The predicted octanol–water partition coefficient (Wildman–Crippen LogP) is 0.775. The predicted molar refractivity (Wildman–Crippen MR) is 34.1 cm³/mol. The second-order valence-corrected chi connectivity index (χ2v) is 1.72. The highest BCUT2D eigenvalue weighted by atomic mass is 16.3. The van der Waals surface area contributed by atoms with Gasteiger partial charge in [-0.05, 0) is 0 Å². The highest BCUT2D eigenvalue weighted by Gasteiger charge is 1.89. The summed E-state index contributed by atoms with van der Waals surface area (Å²) in [4.78, 5) is 3.61. The summed E-state index contributed by atoms with van der Waals surface area (Å²) in [6, 6.07) is 0. The molecule has 9 heavy (non-hydrogen) atoms. The van der Waals surface area contributed by atoms with Gasteiger partial charge in [-0.3, -0.25) is 0 Å². The van der Waals surface area contributed by atoms with Gasteiger partial charge in [-0.2, -0.15) is 0 Å². The molecule has 1 aromatic heterocycles. The maximum Gasteiger partial charge on any atom is 0.229 e. The van der Waals surface area contributed by atoms with Gasteiger partial charge in [0.05, 0.1) is 12.5 Å². The molecule has 1 aromatic rings. The van der Waals surface area contributed by atoms with Gasteiger partial charge in [-0.15, -0.1) is 6.58 Å². The summed E-state index contributed by atoms with van der Waals surface area (Å²) >= 11 is 0. The summed E-state index contributed by atoms with van der Waals surface area (Å²) in [5, 5.41) is 8.71. The van der Waals surface area contributed by atoms with Crippen LogP contribution >= 0.6 is 0 Å². The zero-order valence-electron chi connectivity index (χ0n) is 4.99. The van der Waals surface area contributed by atoms with E-state index < -0.39 is 0 Å². The highest BCUT2D eigenvalue weighted by molar-refractivity contribution is 5.00. The van der Waals surface area contributed by atoms with Gasteiger partial charge in [0.25, 0.3) is 0 Å². The lowest BCUT2D eigenvalue weighted by Crippen LogP contribution is -1.87. The van der Waals surface area contributed by atoms with E-state index in [-0.39, 0.29) is 5.88 Å². The lowest BCUT2D eigenvalue weighted by molar-refractivity contribution is 0.455. The monoisotopic (exact) mass is 124 g/mol. The lowest BCUT2D eigenvalue weighted by Gasteiger charge is -1.89. The minimum absolute atomic E-state index is 0.0526. The molecule has 0 unspecified atom stereocenters. The zero-order valence-corrected chi connectivity index (χ0v) is 4.99. The molecule has 0 radical (unpaired) electrons. The topological polar surface area (TPSA) is 38.0 Å². The van der Waals surface area contributed by atoms with Gasteiger partial charge >= 0.3 is 0 Å². The summed E-state index contributed by atoms with van der Waals surface area (Å²) in [6.07, 6.45) is 4.83. The Balaban J connectivity index is 2.72. The van der Waals surface area contributed by atoms with Crippen LogP contribution in [0.5, 0.6) is 5.88 Å². The fraction of sp³-hybridized carbons (Fsp3) is 0.167. The Kier molecular flexibility index (Phi) is 1.53. The Morgan fingerprint density at radius 2 is 2.67 bits per heavy atom. The molecule has 0 amide bonds. The molecule has 0 fully saturated rings. The van der Waals surface area contributed by atoms with Gasteiger partial charge in [-0.1, -0.05) is 6.08 Å². The van der Waals surface area contributed by atoms with Gasteiger partial charge in [0.1, 0.15) is 0 Å². The quantitative estimate of drug-likeness (QED) is 0.591. The average molecular weight is 124 g/mol. The van der Waals surface area contributed by atoms with Crippen LogP contribution in [0.25, 0.3) is 0 Å². The Hall–Kier alpha value is -1.25. The minimum atomic E-state index is 0.0526. The number of rotatable bonds is 2. The largest absolute Gasteiger partial charge is 0.492 e. The van der Waals surface area contributed by atoms with Crippen LogP contribution in [0.4, 0.5) is 0 Å². The molecule has 3 nitrogen and oxygen atoms in total. The van der Waals surface area contributed by atoms with Crippen LogP contribution in [0.3, 0.4) is 0 Å². The summed E-state index contributed by atoms with van der Waals surface area (Å²) in [5.74, 6) is 0.0526. The van der Waals surface area contributed by atoms with Gasteiger partial charge < -0.3 is 9.67 Å². The van der Waals surface area contributed by atoms with E-state index in [2.05, 4.69) is 11.6 Å². The van der Waals surface area contributed by atoms with E-state index >= 15 is 0 Å². The number of aromatic hydroxyl groups is 1. The Morgan fingerprint density at radius 3 is 3.11 bits per heavy atom. The molecule has 0 bridgehead atoms. The van der Waals surface area contributed by atoms with Crippen LogP contribution in [0, 0.1) is 0 Å². The molecule has 0 saturated heterocycles. The van der Waals surface area contributed by atoms with Crippen molar-refractivity contribution in [2.45, 2.75) is 6.54 Å². The van der Waals surface area contributed by atoms with Gasteiger partial charge in [0.2, 0.25) is 5.88 Å². The molecule has 48 valence electrons. The van der Waals surface area contributed by atoms with Crippen molar-refractivity contribution in [1.29, 1.82) is 0 Å². The second kappa shape index (κ2) is 2.35. The molecular formula is C6H8N2O. The third-order valence-corrected chi connectivity index (χ3v) is 0.960. The normalized spacial score (nSPS) is 9.33. The maximum absolute atomic E-state index is 8.71. The molecule has 0 saturated carbocycles. The molecule has 1 N–H and O–H groups in total. The summed E-state index contributed by atoms with van der Waals surface area (Å²) < 4.78 is 1.74.